The number of hydrogen-bond donors (Lipinski definition) is 0. The third-order valence-corrected chi connectivity index (χ3v) is 4.74. The number of carbonyl (C=O) groups is 1. The number of rotatable bonds is 10. The normalized spacial score (nSPS) is 24.9. The number of carbonyl (C=O) groups excluding carboxylic acids is 1. The predicted octanol–water partition coefficient (Wildman–Crippen LogP) is 4.48. The van der Waals surface area contributed by atoms with Gasteiger partial charge in [0, 0.05) is 0 Å². The van der Waals surface area contributed by atoms with Crippen molar-refractivity contribution in [3.63, 3.8) is 0 Å². The van der Waals surface area contributed by atoms with Gasteiger partial charge in [0.25, 0.3) is 0 Å². The minimum Gasteiger partial charge on any atom is -0.493 e. The number of allylic oxidation sites excluding steroid dienone is 5. The monoisotopic (exact) mass is 376 g/mol. The van der Waals surface area contributed by atoms with Crippen LogP contribution in [0.5, 0.6) is 0 Å². The van der Waals surface area contributed by atoms with E-state index in [-0.39, 0.29) is 11.7 Å². The third kappa shape index (κ3) is 6.75. The first-order valence-corrected chi connectivity index (χ1v) is 8.95. The number of esters is 1. The van der Waals surface area contributed by atoms with Gasteiger partial charge >= 0.3 is 5.97 Å². The van der Waals surface area contributed by atoms with E-state index in [0.717, 1.165) is 12.0 Å². The van der Waals surface area contributed by atoms with Crippen LogP contribution in [-0.4, -0.2) is 39.0 Å². The van der Waals surface area contributed by atoms with Crippen LogP contribution >= 0.6 is 0 Å². The summed E-state index contributed by atoms with van der Waals surface area (Å²) in [5.74, 6) is 0.641. The highest BCUT2D eigenvalue weighted by Crippen LogP contribution is 2.43. The van der Waals surface area contributed by atoms with E-state index in [9.17, 15) is 4.79 Å². The Morgan fingerprint density at radius 1 is 1.11 bits per heavy atom. The molecule has 27 heavy (non-hydrogen) atoms. The summed E-state index contributed by atoms with van der Waals surface area (Å²) in [4.78, 5) is 11.4. The molecule has 0 aromatic carbocycles. The highest BCUT2D eigenvalue weighted by Gasteiger charge is 2.50. The van der Waals surface area contributed by atoms with Crippen molar-refractivity contribution in [2.24, 2.45) is 5.92 Å². The summed E-state index contributed by atoms with van der Waals surface area (Å²) < 4.78 is 20.9. The summed E-state index contributed by atoms with van der Waals surface area (Å²) in [6.45, 7) is 12.2. The quantitative estimate of drug-likeness (QED) is 0.140. The molecule has 1 rings (SSSR count). The lowest BCUT2D eigenvalue weighted by Gasteiger charge is -2.15. The second-order valence-electron chi connectivity index (χ2n) is 6.96. The van der Waals surface area contributed by atoms with E-state index in [1.807, 2.05) is 25.2 Å². The van der Waals surface area contributed by atoms with Crippen molar-refractivity contribution in [1.29, 1.82) is 0 Å². The van der Waals surface area contributed by atoms with Crippen LogP contribution in [0.25, 0.3) is 0 Å². The standard InChI is InChI=1S/C22H32O5/c1-9-20-22(5,27-20)14-17(4)16(3)11-10-15(2)12-18(24-6)19(25-7)13-21(23)26-8/h9-13,17,20H,1,14H2,2-8H3/b15-10+,16-11+,18-12+,19-13+/t17-,20+,22+/m1/s1. The fraction of sp³-hybridized carbons (Fsp3) is 0.500. The summed E-state index contributed by atoms with van der Waals surface area (Å²) in [6, 6.07) is 0. The molecule has 0 aromatic rings. The predicted molar refractivity (Wildman–Crippen MR) is 107 cm³/mol. The minimum absolute atomic E-state index is 0.0931. The van der Waals surface area contributed by atoms with Crippen LogP contribution in [0.15, 0.2) is 59.6 Å². The van der Waals surface area contributed by atoms with Crippen molar-refractivity contribution in [3.05, 3.63) is 59.6 Å². The lowest BCUT2D eigenvalue weighted by Crippen LogP contribution is -2.14. The lowest BCUT2D eigenvalue weighted by atomic mass is 9.89. The average molecular weight is 376 g/mol. The van der Waals surface area contributed by atoms with Gasteiger partial charge in [0.15, 0.2) is 11.5 Å². The number of epoxide rings is 1. The molecule has 0 spiro atoms. The Morgan fingerprint density at radius 3 is 2.19 bits per heavy atom. The van der Waals surface area contributed by atoms with E-state index in [2.05, 4.69) is 38.2 Å². The van der Waals surface area contributed by atoms with Crippen LogP contribution in [-0.2, 0) is 23.7 Å². The van der Waals surface area contributed by atoms with E-state index >= 15 is 0 Å². The van der Waals surface area contributed by atoms with Crippen LogP contribution in [0.3, 0.4) is 0 Å². The maximum Gasteiger partial charge on any atom is 0.334 e. The van der Waals surface area contributed by atoms with Gasteiger partial charge < -0.3 is 18.9 Å². The molecule has 0 N–H and O–H groups in total. The first-order valence-electron chi connectivity index (χ1n) is 8.95. The molecule has 1 aliphatic rings. The fourth-order valence-corrected chi connectivity index (χ4v) is 2.80. The fourth-order valence-electron chi connectivity index (χ4n) is 2.80. The SMILES string of the molecule is C=C[C@@H]1O[C@@]1(C)C[C@@H](C)/C(C)=C/C=C(C)/C=C(OC)\C(=C/C(=O)OC)OC. The molecule has 0 amide bonds. The van der Waals surface area contributed by atoms with Gasteiger partial charge in [0.05, 0.1) is 33.0 Å². The van der Waals surface area contributed by atoms with Crippen molar-refractivity contribution in [3.8, 4) is 0 Å². The lowest BCUT2D eigenvalue weighted by molar-refractivity contribution is -0.135. The second-order valence-corrected chi connectivity index (χ2v) is 6.96. The van der Waals surface area contributed by atoms with Crippen LogP contribution < -0.4 is 0 Å². The Kier molecular flexibility index (Phi) is 8.57. The van der Waals surface area contributed by atoms with Crippen LogP contribution in [0, 0.1) is 5.92 Å². The van der Waals surface area contributed by atoms with Crippen molar-refractivity contribution in [1.82, 2.24) is 0 Å². The van der Waals surface area contributed by atoms with E-state index in [0.29, 0.717) is 17.4 Å². The van der Waals surface area contributed by atoms with Gasteiger partial charge in [-0.1, -0.05) is 30.7 Å². The molecular weight excluding hydrogens is 344 g/mol. The Bertz CT molecular complexity index is 668. The highest BCUT2D eigenvalue weighted by molar-refractivity contribution is 5.83. The first-order chi connectivity index (χ1) is 12.7. The minimum atomic E-state index is -0.505. The van der Waals surface area contributed by atoms with Crippen molar-refractivity contribution in [2.45, 2.75) is 45.8 Å². The van der Waals surface area contributed by atoms with Gasteiger partial charge in [-0.25, -0.2) is 4.79 Å². The molecule has 5 nitrogen and oxygen atoms in total. The Morgan fingerprint density at radius 2 is 1.70 bits per heavy atom. The molecule has 0 radical (unpaired) electrons. The van der Waals surface area contributed by atoms with Crippen LogP contribution in [0.1, 0.15) is 34.1 Å². The van der Waals surface area contributed by atoms with Gasteiger partial charge in [0.1, 0.15) is 6.10 Å². The molecule has 1 saturated heterocycles. The van der Waals surface area contributed by atoms with Crippen molar-refractivity contribution < 1.29 is 23.7 Å². The topological polar surface area (TPSA) is 57.3 Å². The van der Waals surface area contributed by atoms with Gasteiger partial charge in [-0.05, 0) is 44.8 Å². The molecule has 1 aliphatic heterocycles. The van der Waals surface area contributed by atoms with Gasteiger partial charge in [0.2, 0.25) is 0 Å². The summed E-state index contributed by atoms with van der Waals surface area (Å²) in [5.41, 5.74) is 2.13. The second kappa shape index (κ2) is 10.2. The number of hydrogen-bond acceptors (Lipinski definition) is 5. The maximum absolute atomic E-state index is 11.4. The zero-order chi connectivity index (χ0) is 20.6. The molecule has 1 fully saturated rings. The molecular formula is C22H32O5. The van der Waals surface area contributed by atoms with E-state index in [4.69, 9.17) is 14.2 Å². The van der Waals surface area contributed by atoms with Crippen molar-refractivity contribution in [2.75, 3.05) is 21.3 Å². The molecule has 150 valence electrons. The van der Waals surface area contributed by atoms with Crippen molar-refractivity contribution >= 4 is 5.97 Å². The van der Waals surface area contributed by atoms with E-state index in [1.54, 1.807) is 0 Å². The zero-order valence-electron chi connectivity index (χ0n) is 17.5. The molecule has 1 heterocycles. The summed E-state index contributed by atoms with van der Waals surface area (Å²) in [6.07, 6.45) is 10.1. The van der Waals surface area contributed by atoms with E-state index in [1.165, 1.54) is 33.0 Å². The van der Waals surface area contributed by atoms with Gasteiger partial charge in [-0.3, -0.25) is 0 Å². The first kappa shape index (κ1) is 22.8. The molecule has 0 aliphatic carbocycles. The zero-order valence-corrected chi connectivity index (χ0v) is 17.5. The van der Waals surface area contributed by atoms with E-state index < -0.39 is 5.97 Å². The Balaban J connectivity index is 2.87. The van der Waals surface area contributed by atoms with Crippen LogP contribution in [0.4, 0.5) is 0 Å². The highest BCUT2D eigenvalue weighted by atomic mass is 16.6. The molecule has 0 bridgehead atoms. The number of methoxy groups -OCH3 is 3. The molecule has 5 heteroatoms. The van der Waals surface area contributed by atoms with Gasteiger partial charge in [-0.2, -0.15) is 0 Å². The summed E-state index contributed by atoms with van der Waals surface area (Å²) in [5, 5.41) is 0. The summed E-state index contributed by atoms with van der Waals surface area (Å²) in [7, 11) is 4.31. The smallest absolute Gasteiger partial charge is 0.334 e. The molecule has 0 aromatic heterocycles. The van der Waals surface area contributed by atoms with Crippen LogP contribution in [0.2, 0.25) is 0 Å². The number of ether oxygens (including phenoxy) is 4. The molecule has 0 saturated carbocycles. The molecule has 3 atom stereocenters. The Labute approximate surface area is 163 Å². The largest absolute Gasteiger partial charge is 0.493 e. The Hall–Kier alpha value is -2.27. The maximum atomic E-state index is 11.4. The van der Waals surface area contributed by atoms with Gasteiger partial charge in [-0.15, -0.1) is 6.58 Å². The summed E-state index contributed by atoms with van der Waals surface area (Å²) >= 11 is 0. The third-order valence-electron chi connectivity index (χ3n) is 4.74. The average Bonchev–Trinajstić information content (AvgIpc) is 3.31. The molecule has 0 unspecified atom stereocenters.